The third kappa shape index (κ3) is 8.59. The second kappa shape index (κ2) is 12.2. The van der Waals surface area contributed by atoms with Crippen LogP contribution in [0, 0.1) is 11.3 Å². The standard InChI is InChI=1S/C16H23N3O3/c1-3-10-19(11-4-2)16(22)14(12-17)13-18-9-7-5-6-8-15(20)21/h3-4,13,18H,1-2,5-11H2,(H,20,21)/b14-13-. The number of nitrogens with zero attached hydrogens (tertiary/aromatic N) is 2. The van der Waals surface area contributed by atoms with E-state index in [1.165, 1.54) is 11.1 Å². The third-order valence-corrected chi connectivity index (χ3v) is 2.80. The Hall–Kier alpha value is -2.55. The van der Waals surface area contributed by atoms with Crippen LogP contribution in [0.5, 0.6) is 0 Å². The van der Waals surface area contributed by atoms with Crippen LogP contribution in [0.3, 0.4) is 0 Å². The quantitative estimate of drug-likeness (QED) is 0.248. The van der Waals surface area contributed by atoms with Gasteiger partial charge in [0, 0.05) is 32.3 Å². The van der Waals surface area contributed by atoms with Crippen LogP contribution in [-0.2, 0) is 9.59 Å². The van der Waals surface area contributed by atoms with E-state index in [9.17, 15) is 9.59 Å². The molecular formula is C16H23N3O3. The molecule has 120 valence electrons. The molecule has 6 nitrogen and oxygen atoms in total. The Kier molecular flexibility index (Phi) is 10.8. The Balaban J connectivity index is 4.28. The molecule has 0 saturated carbocycles. The highest BCUT2D eigenvalue weighted by atomic mass is 16.4. The summed E-state index contributed by atoms with van der Waals surface area (Å²) in [5, 5.41) is 20.5. The van der Waals surface area contributed by atoms with Crippen LogP contribution in [0.2, 0.25) is 0 Å². The summed E-state index contributed by atoms with van der Waals surface area (Å²) in [7, 11) is 0. The minimum absolute atomic E-state index is 0.0224. The average molecular weight is 305 g/mol. The summed E-state index contributed by atoms with van der Waals surface area (Å²) in [6, 6.07) is 1.88. The summed E-state index contributed by atoms with van der Waals surface area (Å²) in [6.07, 6.45) is 6.92. The smallest absolute Gasteiger partial charge is 0.303 e. The maximum absolute atomic E-state index is 12.1. The molecular weight excluding hydrogens is 282 g/mol. The molecule has 0 aliphatic rings. The third-order valence-electron chi connectivity index (χ3n) is 2.80. The predicted octanol–water partition coefficient (Wildman–Crippen LogP) is 1.83. The van der Waals surface area contributed by atoms with Crippen molar-refractivity contribution in [2.45, 2.75) is 25.7 Å². The van der Waals surface area contributed by atoms with Crippen molar-refractivity contribution in [2.75, 3.05) is 19.6 Å². The molecule has 0 unspecified atom stereocenters. The first-order chi connectivity index (χ1) is 10.6. The van der Waals surface area contributed by atoms with Crippen molar-refractivity contribution in [1.29, 1.82) is 5.26 Å². The lowest BCUT2D eigenvalue weighted by atomic mass is 10.2. The van der Waals surface area contributed by atoms with Crippen molar-refractivity contribution >= 4 is 11.9 Å². The van der Waals surface area contributed by atoms with E-state index in [2.05, 4.69) is 18.5 Å². The topological polar surface area (TPSA) is 93.4 Å². The number of hydrogen-bond donors (Lipinski definition) is 2. The zero-order valence-electron chi connectivity index (χ0n) is 12.8. The highest BCUT2D eigenvalue weighted by molar-refractivity contribution is 5.97. The number of aliphatic carboxylic acids is 1. The second-order valence-corrected chi connectivity index (χ2v) is 4.62. The molecule has 0 rings (SSSR count). The molecule has 0 bridgehead atoms. The first-order valence-corrected chi connectivity index (χ1v) is 7.13. The van der Waals surface area contributed by atoms with Gasteiger partial charge in [-0.2, -0.15) is 5.26 Å². The fourth-order valence-corrected chi connectivity index (χ4v) is 1.72. The Morgan fingerprint density at radius 1 is 1.18 bits per heavy atom. The highest BCUT2D eigenvalue weighted by Gasteiger charge is 2.15. The van der Waals surface area contributed by atoms with Crippen molar-refractivity contribution in [3.63, 3.8) is 0 Å². The number of unbranched alkanes of at least 4 members (excludes halogenated alkanes) is 2. The van der Waals surface area contributed by atoms with Crippen LogP contribution in [0.25, 0.3) is 0 Å². The largest absolute Gasteiger partial charge is 0.481 e. The monoisotopic (exact) mass is 305 g/mol. The van der Waals surface area contributed by atoms with Crippen molar-refractivity contribution < 1.29 is 14.7 Å². The predicted molar refractivity (Wildman–Crippen MR) is 84.8 cm³/mol. The summed E-state index contributed by atoms with van der Waals surface area (Å²) < 4.78 is 0. The van der Waals surface area contributed by atoms with Gasteiger partial charge >= 0.3 is 5.97 Å². The first-order valence-electron chi connectivity index (χ1n) is 7.13. The van der Waals surface area contributed by atoms with Gasteiger partial charge in [0.25, 0.3) is 5.91 Å². The lowest BCUT2D eigenvalue weighted by Gasteiger charge is -2.18. The summed E-state index contributed by atoms with van der Waals surface area (Å²) in [5.41, 5.74) is 0.0224. The molecule has 1 amide bonds. The van der Waals surface area contributed by atoms with Crippen LogP contribution in [0.15, 0.2) is 37.1 Å². The Bertz CT molecular complexity index is 454. The molecule has 22 heavy (non-hydrogen) atoms. The molecule has 0 heterocycles. The minimum Gasteiger partial charge on any atom is -0.481 e. The van der Waals surface area contributed by atoms with Gasteiger partial charge in [0.1, 0.15) is 11.6 Å². The van der Waals surface area contributed by atoms with Crippen molar-refractivity contribution in [3.8, 4) is 6.07 Å². The number of carbonyl (C=O) groups excluding carboxylic acids is 1. The van der Waals surface area contributed by atoms with Gasteiger partial charge in [-0.1, -0.05) is 18.6 Å². The van der Waals surface area contributed by atoms with E-state index in [1.807, 2.05) is 6.07 Å². The molecule has 0 radical (unpaired) electrons. The minimum atomic E-state index is -0.797. The van der Waals surface area contributed by atoms with Crippen LogP contribution < -0.4 is 5.32 Å². The molecule has 6 heteroatoms. The number of carboxylic acids is 1. The summed E-state index contributed by atoms with van der Waals surface area (Å²) >= 11 is 0. The molecule has 0 spiro atoms. The van der Waals surface area contributed by atoms with Gasteiger partial charge in [0.2, 0.25) is 0 Å². The number of nitriles is 1. The van der Waals surface area contributed by atoms with Gasteiger partial charge in [-0.25, -0.2) is 0 Å². The SMILES string of the molecule is C=CCN(CC=C)C(=O)/C(C#N)=C\NCCCCCC(=O)O. The van der Waals surface area contributed by atoms with Crippen molar-refractivity contribution in [1.82, 2.24) is 10.2 Å². The molecule has 0 fully saturated rings. The summed E-state index contributed by atoms with van der Waals surface area (Å²) in [6.45, 7) is 8.43. The van der Waals surface area contributed by atoms with Crippen LogP contribution in [-0.4, -0.2) is 41.5 Å². The van der Waals surface area contributed by atoms with Gasteiger partial charge in [0.05, 0.1) is 0 Å². The number of nitrogens with one attached hydrogen (secondary N) is 1. The van der Waals surface area contributed by atoms with Gasteiger partial charge in [-0.15, -0.1) is 13.2 Å². The molecule has 0 aromatic heterocycles. The maximum atomic E-state index is 12.1. The number of carboxylic acid groups (broad SMARTS) is 1. The fourth-order valence-electron chi connectivity index (χ4n) is 1.72. The van der Waals surface area contributed by atoms with E-state index in [0.29, 0.717) is 26.1 Å². The van der Waals surface area contributed by atoms with E-state index in [-0.39, 0.29) is 17.9 Å². The van der Waals surface area contributed by atoms with Gasteiger partial charge in [0.15, 0.2) is 0 Å². The van der Waals surface area contributed by atoms with Crippen molar-refractivity contribution in [2.24, 2.45) is 0 Å². The number of carbonyl (C=O) groups is 2. The maximum Gasteiger partial charge on any atom is 0.303 e. The molecule has 0 aliphatic carbocycles. The van der Waals surface area contributed by atoms with Crippen molar-refractivity contribution in [3.05, 3.63) is 37.1 Å². The van der Waals surface area contributed by atoms with Gasteiger partial charge in [-0.3, -0.25) is 9.59 Å². The second-order valence-electron chi connectivity index (χ2n) is 4.62. The molecule has 0 saturated heterocycles. The first kappa shape index (κ1) is 19.4. The van der Waals surface area contributed by atoms with E-state index in [1.54, 1.807) is 12.2 Å². The Morgan fingerprint density at radius 3 is 2.32 bits per heavy atom. The molecule has 0 aromatic rings. The zero-order valence-corrected chi connectivity index (χ0v) is 12.8. The molecule has 2 N–H and O–H groups in total. The Morgan fingerprint density at radius 2 is 1.82 bits per heavy atom. The van der Waals surface area contributed by atoms with E-state index in [4.69, 9.17) is 10.4 Å². The molecule has 0 atom stereocenters. The number of hydrogen-bond acceptors (Lipinski definition) is 4. The van der Waals surface area contributed by atoms with E-state index < -0.39 is 5.97 Å². The number of amides is 1. The van der Waals surface area contributed by atoms with E-state index in [0.717, 1.165) is 12.8 Å². The van der Waals surface area contributed by atoms with Crippen LogP contribution in [0.1, 0.15) is 25.7 Å². The summed E-state index contributed by atoms with van der Waals surface area (Å²) in [4.78, 5) is 23.9. The van der Waals surface area contributed by atoms with Crippen LogP contribution in [0.4, 0.5) is 0 Å². The van der Waals surface area contributed by atoms with Crippen LogP contribution >= 0.6 is 0 Å². The fraction of sp³-hybridized carbons (Fsp3) is 0.438. The number of rotatable bonds is 12. The average Bonchev–Trinajstić information content (AvgIpc) is 2.49. The lowest BCUT2D eigenvalue weighted by molar-refractivity contribution is -0.137. The van der Waals surface area contributed by atoms with Gasteiger partial charge < -0.3 is 15.3 Å². The lowest BCUT2D eigenvalue weighted by Crippen LogP contribution is -2.32. The zero-order chi connectivity index (χ0) is 16.8. The summed E-state index contributed by atoms with van der Waals surface area (Å²) in [5.74, 6) is -1.17. The van der Waals surface area contributed by atoms with Gasteiger partial charge in [-0.05, 0) is 12.8 Å². The highest BCUT2D eigenvalue weighted by Crippen LogP contribution is 2.02. The van der Waals surface area contributed by atoms with E-state index >= 15 is 0 Å². The molecule has 0 aromatic carbocycles. The molecule has 0 aliphatic heterocycles. The Labute approximate surface area is 131 Å². The normalized spacial score (nSPS) is 10.4.